The zero-order chi connectivity index (χ0) is 14.7. The van der Waals surface area contributed by atoms with Crippen LogP contribution >= 0.6 is 0 Å². The second-order valence-electron chi connectivity index (χ2n) is 4.77. The highest BCUT2D eigenvalue weighted by atomic mass is 16.1. The van der Waals surface area contributed by atoms with Gasteiger partial charge in [-0.3, -0.25) is 14.9 Å². The van der Waals surface area contributed by atoms with Crippen molar-refractivity contribution in [2.24, 2.45) is 0 Å². The van der Waals surface area contributed by atoms with Gasteiger partial charge in [-0.25, -0.2) is 4.98 Å². The van der Waals surface area contributed by atoms with Gasteiger partial charge in [0.15, 0.2) is 0 Å². The van der Waals surface area contributed by atoms with E-state index in [1.54, 1.807) is 0 Å². The van der Waals surface area contributed by atoms with Gasteiger partial charge in [0.05, 0.1) is 11.1 Å². The van der Waals surface area contributed by atoms with E-state index in [-0.39, 0.29) is 5.91 Å². The van der Waals surface area contributed by atoms with Crippen LogP contribution < -0.4 is 5.32 Å². The van der Waals surface area contributed by atoms with Crippen molar-refractivity contribution < 1.29 is 4.79 Å². The van der Waals surface area contributed by atoms with E-state index in [9.17, 15) is 4.79 Å². The monoisotopic (exact) mass is 281 g/mol. The fourth-order valence-electron chi connectivity index (χ4n) is 2.24. The molecule has 0 fully saturated rings. The summed E-state index contributed by atoms with van der Waals surface area (Å²) in [5.41, 5.74) is 2.31. The fourth-order valence-corrected chi connectivity index (χ4v) is 2.24. The number of amides is 1. The van der Waals surface area contributed by atoms with E-state index in [0.717, 1.165) is 22.4 Å². The van der Waals surface area contributed by atoms with Crippen molar-refractivity contribution in [1.82, 2.24) is 25.5 Å². The molecule has 0 radical (unpaired) electrons. The lowest BCUT2D eigenvalue weighted by molar-refractivity contribution is 0.0955. The number of fused-ring (bicyclic) bond motifs is 1. The van der Waals surface area contributed by atoms with Crippen molar-refractivity contribution in [3.63, 3.8) is 0 Å². The zero-order valence-electron chi connectivity index (χ0n) is 11.6. The Kier molecular flexibility index (Phi) is 3.59. The summed E-state index contributed by atoms with van der Waals surface area (Å²) in [5.74, 6) is 0.655. The number of benzene rings is 1. The summed E-state index contributed by atoms with van der Waals surface area (Å²) in [6.07, 6.45) is 2.07. The third-order valence-corrected chi connectivity index (χ3v) is 3.20. The maximum atomic E-state index is 12.4. The molecule has 0 unspecified atom stereocenters. The molecule has 1 aromatic carbocycles. The van der Waals surface area contributed by atoms with Gasteiger partial charge in [-0.2, -0.15) is 5.10 Å². The normalized spacial score (nSPS) is 10.7. The van der Waals surface area contributed by atoms with Crippen LogP contribution in [0.25, 0.3) is 10.9 Å². The number of carbonyl (C=O) groups excluding carboxylic acids is 1. The molecule has 2 N–H and O–H groups in total. The first kappa shape index (κ1) is 13.2. The molecule has 0 bridgehead atoms. The highest BCUT2D eigenvalue weighted by Crippen LogP contribution is 2.17. The van der Waals surface area contributed by atoms with Crippen molar-refractivity contribution in [2.45, 2.75) is 13.3 Å². The van der Waals surface area contributed by atoms with Gasteiger partial charge in [0.1, 0.15) is 12.2 Å². The van der Waals surface area contributed by atoms with Gasteiger partial charge in [0.2, 0.25) is 0 Å². The molecule has 3 aromatic rings. The maximum absolute atomic E-state index is 12.4. The summed E-state index contributed by atoms with van der Waals surface area (Å²) in [4.78, 5) is 20.8. The predicted molar refractivity (Wildman–Crippen MR) is 78.9 cm³/mol. The van der Waals surface area contributed by atoms with E-state index < -0.39 is 0 Å². The Bertz CT molecular complexity index is 767. The topological polar surface area (TPSA) is 83.6 Å². The van der Waals surface area contributed by atoms with Gasteiger partial charge in [0.25, 0.3) is 5.91 Å². The Morgan fingerprint density at radius 1 is 1.33 bits per heavy atom. The number of hydrogen-bond donors (Lipinski definition) is 2. The largest absolute Gasteiger partial charge is 0.352 e. The molecule has 3 rings (SSSR count). The van der Waals surface area contributed by atoms with Crippen LogP contribution in [0.1, 0.15) is 21.9 Å². The molecule has 0 saturated carbocycles. The molecular formula is C15H15N5O. The number of carbonyl (C=O) groups is 1. The Morgan fingerprint density at radius 2 is 2.19 bits per heavy atom. The van der Waals surface area contributed by atoms with E-state index in [1.807, 2.05) is 37.3 Å². The summed E-state index contributed by atoms with van der Waals surface area (Å²) in [6, 6.07) is 9.46. The van der Waals surface area contributed by atoms with Crippen molar-refractivity contribution in [3.8, 4) is 0 Å². The van der Waals surface area contributed by atoms with Gasteiger partial charge in [0, 0.05) is 24.0 Å². The van der Waals surface area contributed by atoms with Crippen molar-refractivity contribution >= 4 is 16.8 Å². The molecule has 2 aromatic heterocycles. The summed E-state index contributed by atoms with van der Waals surface area (Å²) in [7, 11) is 0. The average Bonchev–Trinajstić information content (AvgIpc) is 2.99. The number of hydrogen-bond acceptors (Lipinski definition) is 4. The predicted octanol–water partition coefficient (Wildman–Crippen LogP) is 1.63. The molecule has 0 spiro atoms. The molecular weight excluding hydrogens is 266 g/mol. The van der Waals surface area contributed by atoms with Crippen LogP contribution in [-0.2, 0) is 6.42 Å². The molecule has 0 atom stereocenters. The number of aromatic amines is 1. The van der Waals surface area contributed by atoms with Crippen LogP contribution in [0.15, 0.2) is 36.7 Å². The van der Waals surface area contributed by atoms with Crippen molar-refractivity contribution in [2.75, 3.05) is 6.54 Å². The fraction of sp³-hybridized carbons (Fsp3) is 0.200. The Morgan fingerprint density at radius 3 is 3.00 bits per heavy atom. The van der Waals surface area contributed by atoms with E-state index in [2.05, 4.69) is 25.5 Å². The molecule has 21 heavy (non-hydrogen) atoms. The lowest BCUT2D eigenvalue weighted by Gasteiger charge is -2.08. The molecule has 6 heteroatoms. The standard InChI is InChI=1S/C15H15N5O/c1-10-8-12(11-4-2-3-5-13(11)19-10)15(21)16-7-6-14-17-9-18-20-14/h2-5,8-9H,6-7H2,1H3,(H,16,21)(H,17,18,20). The highest BCUT2D eigenvalue weighted by Gasteiger charge is 2.11. The zero-order valence-corrected chi connectivity index (χ0v) is 11.6. The average molecular weight is 281 g/mol. The Hall–Kier alpha value is -2.76. The number of para-hydroxylation sites is 1. The lowest BCUT2D eigenvalue weighted by atomic mass is 10.1. The van der Waals surface area contributed by atoms with Crippen LogP contribution in [0.5, 0.6) is 0 Å². The number of nitrogens with one attached hydrogen (secondary N) is 2. The highest BCUT2D eigenvalue weighted by molar-refractivity contribution is 6.06. The molecule has 0 saturated heterocycles. The molecule has 2 heterocycles. The minimum atomic E-state index is -0.101. The number of H-pyrrole nitrogens is 1. The molecule has 106 valence electrons. The van der Waals surface area contributed by atoms with E-state index in [4.69, 9.17) is 0 Å². The van der Waals surface area contributed by atoms with Gasteiger partial charge in [-0.05, 0) is 19.1 Å². The van der Waals surface area contributed by atoms with Gasteiger partial charge in [-0.15, -0.1) is 0 Å². The van der Waals surface area contributed by atoms with E-state index >= 15 is 0 Å². The van der Waals surface area contributed by atoms with Gasteiger partial charge < -0.3 is 5.32 Å². The van der Waals surface area contributed by atoms with Crippen LogP contribution in [0.4, 0.5) is 0 Å². The second-order valence-corrected chi connectivity index (χ2v) is 4.77. The molecule has 0 aliphatic rings. The number of rotatable bonds is 4. The van der Waals surface area contributed by atoms with Crippen LogP contribution in [0, 0.1) is 6.92 Å². The second kappa shape index (κ2) is 5.70. The SMILES string of the molecule is Cc1cc(C(=O)NCCc2ncn[nH]2)c2ccccc2n1. The summed E-state index contributed by atoms with van der Waals surface area (Å²) >= 11 is 0. The van der Waals surface area contributed by atoms with Crippen molar-refractivity contribution in [1.29, 1.82) is 0 Å². The molecule has 6 nitrogen and oxygen atoms in total. The smallest absolute Gasteiger partial charge is 0.252 e. The van der Waals surface area contributed by atoms with Crippen LogP contribution in [0.2, 0.25) is 0 Å². The van der Waals surface area contributed by atoms with E-state index in [0.29, 0.717) is 18.5 Å². The Labute approximate surface area is 121 Å². The first-order chi connectivity index (χ1) is 10.2. The summed E-state index contributed by atoms with van der Waals surface area (Å²) < 4.78 is 0. The number of pyridine rings is 1. The summed E-state index contributed by atoms with van der Waals surface area (Å²) in [6.45, 7) is 2.39. The third-order valence-electron chi connectivity index (χ3n) is 3.20. The first-order valence-electron chi connectivity index (χ1n) is 6.73. The Balaban J connectivity index is 1.78. The lowest BCUT2D eigenvalue weighted by Crippen LogP contribution is -2.26. The van der Waals surface area contributed by atoms with E-state index in [1.165, 1.54) is 6.33 Å². The van der Waals surface area contributed by atoms with Gasteiger partial charge >= 0.3 is 0 Å². The number of aromatic nitrogens is 4. The third kappa shape index (κ3) is 2.89. The minimum absolute atomic E-state index is 0.101. The van der Waals surface area contributed by atoms with Gasteiger partial charge in [-0.1, -0.05) is 18.2 Å². The summed E-state index contributed by atoms with van der Waals surface area (Å²) in [5, 5.41) is 10.3. The minimum Gasteiger partial charge on any atom is -0.352 e. The first-order valence-corrected chi connectivity index (χ1v) is 6.73. The quantitative estimate of drug-likeness (QED) is 0.761. The molecule has 0 aliphatic heterocycles. The molecule has 1 amide bonds. The number of aryl methyl sites for hydroxylation is 1. The van der Waals surface area contributed by atoms with Crippen LogP contribution in [0.3, 0.4) is 0 Å². The maximum Gasteiger partial charge on any atom is 0.252 e. The molecule has 0 aliphatic carbocycles. The van der Waals surface area contributed by atoms with Crippen LogP contribution in [-0.4, -0.2) is 32.6 Å². The van der Waals surface area contributed by atoms with Crippen molar-refractivity contribution in [3.05, 3.63) is 53.7 Å². The number of nitrogens with zero attached hydrogens (tertiary/aromatic N) is 3.